The van der Waals surface area contributed by atoms with Crippen molar-refractivity contribution in [2.24, 2.45) is 0 Å². The molecule has 0 atom stereocenters. The van der Waals surface area contributed by atoms with Crippen LogP contribution in [0, 0.1) is 17.0 Å². The van der Waals surface area contributed by atoms with Crippen LogP contribution in [0.15, 0.2) is 55.0 Å². The van der Waals surface area contributed by atoms with Crippen molar-refractivity contribution in [3.05, 3.63) is 70.7 Å². The number of aryl methyl sites for hydroxylation is 1. The van der Waals surface area contributed by atoms with Gasteiger partial charge in [0.25, 0.3) is 0 Å². The molecule has 126 valence electrons. The van der Waals surface area contributed by atoms with E-state index in [9.17, 15) is 10.1 Å². The molecule has 8 heteroatoms. The molecule has 0 aliphatic carbocycles. The first-order valence-electron chi connectivity index (χ1n) is 7.54. The quantitative estimate of drug-likeness (QED) is 0.561. The van der Waals surface area contributed by atoms with Gasteiger partial charge in [-0.3, -0.25) is 10.1 Å². The summed E-state index contributed by atoms with van der Waals surface area (Å²) in [4.78, 5) is 25.1. The molecule has 0 aliphatic rings. The van der Waals surface area contributed by atoms with Gasteiger partial charge in [0.2, 0.25) is 11.6 Å². The lowest BCUT2D eigenvalue weighted by molar-refractivity contribution is -0.383. The number of aromatic nitrogens is 3. The molecule has 0 fully saturated rings. The first-order chi connectivity index (χ1) is 12.1. The largest absolute Gasteiger partial charge is 0.354 e. The molecule has 1 aromatic carbocycles. The second kappa shape index (κ2) is 6.91. The monoisotopic (exact) mass is 336 g/mol. The van der Waals surface area contributed by atoms with Gasteiger partial charge in [-0.05, 0) is 30.7 Å². The molecule has 3 aromatic rings. The van der Waals surface area contributed by atoms with Gasteiger partial charge in [-0.2, -0.15) is 0 Å². The summed E-state index contributed by atoms with van der Waals surface area (Å²) < 4.78 is 0. The molecule has 0 saturated carbocycles. The van der Waals surface area contributed by atoms with Gasteiger partial charge < -0.3 is 10.2 Å². The van der Waals surface area contributed by atoms with Crippen LogP contribution < -0.4 is 10.2 Å². The molecule has 25 heavy (non-hydrogen) atoms. The van der Waals surface area contributed by atoms with Gasteiger partial charge in [0.15, 0.2) is 0 Å². The smallest absolute Gasteiger partial charge is 0.324 e. The zero-order chi connectivity index (χ0) is 17.8. The van der Waals surface area contributed by atoms with Crippen molar-refractivity contribution in [1.82, 2.24) is 15.0 Å². The molecule has 2 heterocycles. The summed E-state index contributed by atoms with van der Waals surface area (Å²) in [6.07, 6.45) is 2.96. The van der Waals surface area contributed by atoms with Crippen LogP contribution in [0.2, 0.25) is 0 Å². The van der Waals surface area contributed by atoms with E-state index in [1.54, 1.807) is 24.2 Å². The Morgan fingerprint density at radius 2 is 1.84 bits per heavy atom. The van der Waals surface area contributed by atoms with E-state index >= 15 is 0 Å². The fourth-order valence-corrected chi connectivity index (χ4v) is 2.31. The van der Waals surface area contributed by atoms with Crippen molar-refractivity contribution in [3.8, 4) is 0 Å². The van der Waals surface area contributed by atoms with Gasteiger partial charge in [0.1, 0.15) is 12.1 Å². The number of para-hydroxylation sites is 1. The number of nitrogens with zero attached hydrogens (tertiary/aromatic N) is 5. The van der Waals surface area contributed by atoms with Gasteiger partial charge in [0.05, 0.1) is 4.92 Å². The number of hydrogen-bond acceptors (Lipinski definition) is 7. The molecule has 8 nitrogen and oxygen atoms in total. The number of pyridine rings is 1. The van der Waals surface area contributed by atoms with Crippen molar-refractivity contribution >= 4 is 28.8 Å². The number of nitro groups is 1. The van der Waals surface area contributed by atoms with Crippen molar-refractivity contribution in [3.63, 3.8) is 0 Å². The molecular weight excluding hydrogens is 320 g/mol. The standard InChI is InChI=1S/C17H16N6O2/c1-12-8-9-14(18-10-12)21-16-15(23(24)25)17(20-11-19-16)22(2)13-6-4-3-5-7-13/h3-11H,1-2H3,(H,18,19,20,21). The number of nitrogens with one attached hydrogen (secondary N) is 1. The molecule has 0 radical (unpaired) electrons. The zero-order valence-corrected chi connectivity index (χ0v) is 13.7. The second-order valence-electron chi connectivity index (χ2n) is 5.39. The summed E-state index contributed by atoms with van der Waals surface area (Å²) in [6, 6.07) is 12.9. The maximum Gasteiger partial charge on any atom is 0.354 e. The lowest BCUT2D eigenvalue weighted by atomic mass is 10.3. The topological polar surface area (TPSA) is 97.1 Å². The Morgan fingerprint density at radius 3 is 2.48 bits per heavy atom. The molecule has 3 rings (SSSR count). The molecular formula is C17H16N6O2. The molecule has 0 amide bonds. The predicted molar refractivity (Wildman–Crippen MR) is 95.4 cm³/mol. The fraction of sp³-hybridized carbons (Fsp3) is 0.118. The Hall–Kier alpha value is -3.55. The highest BCUT2D eigenvalue weighted by atomic mass is 16.6. The second-order valence-corrected chi connectivity index (χ2v) is 5.39. The predicted octanol–water partition coefficient (Wildman–Crippen LogP) is 3.60. The average Bonchev–Trinajstić information content (AvgIpc) is 2.63. The zero-order valence-electron chi connectivity index (χ0n) is 13.7. The SMILES string of the molecule is Cc1ccc(Nc2ncnc(N(C)c3ccccc3)c2[N+](=O)[O-])nc1. The molecule has 1 N–H and O–H groups in total. The molecule has 0 spiro atoms. The highest BCUT2D eigenvalue weighted by Gasteiger charge is 2.26. The number of anilines is 4. The van der Waals surface area contributed by atoms with E-state index in [-0.39, 0.29) is 17.3 Å². The maximum absolute atomic E-state index is 11.7. The number of rotatable bonds is 5. The normalized spacial score (nSPS) is 10.3. The van der Waals surface area contributed by atoms with Crippen LogP contribution in [0.4, 0.5) is 28.8 Å². The van der Waals surface area contributed by atoms with Gasteiger partial charge in [0, 0.05) is 18.9 Å². The number of benzene rings is 1. The Labute approximate surface area is 144 Å². The van der Waals surface area contributed by atoms with Crippen LogP contribution in [0.1, 0.15) is 5.56 Å². The number of hydrogen-bond donors (Lipinski definition) is 1. The van der Waals surface area contributed by atoms with E-state index in [4.69, 9.17) is 0 Å². The van der Waals surface area contributed by atoms with E-state index in [1.807, 2.05) is 43.3 Å². The molecule has 0 aliphatic heterocycles. The summed E-state index contributed by atoms with van der Waals surface area (Å²) in [5, 5.41) is 14.6. The van der Waals surface area contributed by atoms with E-state index in [0.29, 0.717) is 5.82 Å². The van der Waals surface area contributed by atoms with Crippen LogP contribution in [0.5, 0.6) is 0 Å². The Kier molecular flexibility index (Phi) is 4.51. The first kappa shape index (κ1) is 16.3. The lowest BCUT2D eigenvalue weighted by Crippen LogP contribution is -2.15. The van der Waals surface area contributed by atoms with Crippen LogP contribution in [-0.2, 0) is 0 Å². The van der Waals surface area contributed by atoms with Crippen LogP contribution in [0.3, 0.4) is 0 Å². The van der Waals surface area contributed by atoms with E-state index < -0.39 is 4.92 Å². The Bertz CT molecular complexity index is 883. The molecule has 0 unspecified atom stereocenters. The minimum Gasteiger partial charge on any atom is -0.324 e. The average molecular weight is 336 g/mol. The van der Waals surface area contributed by atoms with Crippen LogP contribution >= 0.6 is 0 Å². The van der Waals surface area contributed by atoms with Crippen LogP contribution in [0.25, 0.3) is 0 Å². The third kappa shape index (κ3) is 3.52. The highest BCUT2D eigenvalue weighted by molar-refractivity contribution is 5.77. The van der Waals surface area contributed by atoms with E-state index in [2.05, 4.69) is 20.3 Å². The first-order valence-corrected chi connectivity index (χ1v) is 7.54. The van der Waals surface area contributed by atoms with E-state index in [0.717, 1.165) is 11.3 Å². The van der Waals surface area contributed by atoms with Crippen molar-refractivity contribution < 1.29 is 4.92 Å². The lowest BCUT2D eigenvalue weighted by Gasteiger charge is -2.18. The summed E-state index contributed by atoms with van der Waals surface area (Å²) in [5.74, 6) is 0.760. The van der Waals surface area contributed by atoms with Gasteiger partial charge in [-0.25, -0.2) is 15.0 Å². The third-order valence-electron chi connectivity index (χ3n) is 3.60. The summed E-state index contributed by atoms with van der Waals surface area (Å²) >= 11 is 0. The fourth-order valence-electron chi connectivity index (χ4n) is 2.31. The van der Waals surface area contributed by atoms with Crippen LogP contribution in [-0.4, -0.2) is 26.9 Å². The van der Waals surface area contributed by atoms with Crippen molar-refractivity contribution in [2.75, 3.05) is 17.3 Å². The Morgan fingerprint density at radius 1 is 1.08 bits per heavy atom. The van der Waals surface area contributed by atoms with Crippen molar-refractivity contribution in [2.45, 2.75) is 6.92 Å². The summed E-state index contributed by atoms with van der Waals surface area (Å²) in [7, 11) is 1.72. The molecule has 2 aromatic heterocycles. The van der Waals surface area contributed by atoms with Gasteiger partial charge >= 0.3 is 5.69 Å². The summed E-state index contributed by atoms with van der Waals surface area (Å²) in [6.45, 7) is 1.91. The van der Waals surface area contributed by atoms with Gasteiger partial charge in [-0.15, -0.1) is 0 Å². The van der Waals surface area contributed by atoms with Gasteiger partial charge in [-0.1, -0.05) is 24.3 Å². The Balaban J connectivity index is 2.02. The minimum absolute atomic E-state index is 0.0918. The molecule has 0 saturated heterocycles. The third-order valence-corrected chi connectivity index (χ3v) is 3.60. The summed E-state index contributed by atoms with van der Waals surface area (Å²) in [5.41, 5.74) is 1.56. The molecule has 0 bridgehead atoms. The van der Waals surface area contributed by atoms with E-state index in [1.165, 1.54) is 6.33 Å². The highest BCUT2D eigenvalue weighted by Crippen LogP contribution is 2.35. The maximum atomic E-state index is 11.7. The minimum atomic E-state index is -0.495. The van der Waals surface area contributed by atoms with Crippen molar-refractivity contribution in [1.29, 1.82) is 0 Å².